The first-order chi connectivity index (χ1) is 12.0. The number of amides is 2. The maximum atomic E-state index is 11.7. The van der Waals surface area contributed by atoms with Gasteiger partial charge in [-0.2, -0.15) is 0 Å². The number of carbonyl (C=O) groups is 2. The summed E-state index contributed by atoms with van der Waals surface area (Å²) >= 11 is 0. The second-order valence-corrected chi connectivity index (χ2v) is 6.67. The van der Waals surface area contributed by atoms with Crippen molar-refractivity contribution in [3.8, 4) is 0 Å². The summed E-state index contributed by atoms with van der Waals surface area (Å²) in [6.45, 7) is 10.3. The van der Waals surface area contributed by atoms with Gasteiger partial charge in [-0.1, -0.05) is 6.92 Å². The molecule has 8 nitrogen and oxygen atoms in total. The van der Waals surface area contributed by atoms with E-state index in [4.69, 9.17) is 0 Å². The van der Waals surface area contributed by atoms with E-state index in [0.29, 0.717) is 6.42 Å². The Bertz CT molecular complexity index is 494. The molecule has 2 heterocycles. The van der Waals surface area contributed by atoms with Gasteiger partial charge in [0.15, 0.2) is 5.96 Å². The molecule has 0 aromatic rings. The number of likely N-dealkylation sites (tertiary alicyclic amines) is 1. The molecule has 0 aromatic carbocycles. The van der Waals surface area contributed by atoms with Gasteiger partial charge in [0.1, 0.15) is 0 Å². The van der Waals surface area contributed by atoms with Crippen molar-refractivity contribution in [1.82, 2.24) is 25.3 Å². The highest BCUT2D eigenvalue weighted by atomic mass is 127. The van der Waals surface area contributed by atoms with Gasteiger partial charge in [0.2, 0.25) is 11.8 Å². The van der Waals surface area contributed by atoms with Crippen LogP contribution in [0.25, 0.3) is 0 Å². The first-order valence-corrected chi connectivity index (χ1v) is 9.26. The number of hydrogen-bond donors (Lipinski definition) is 2. The van der Waals surface area contributed by atoms with E-state index >= 15 is 0 Å². The van der Waals surface area contributed by atoms with Crippen molar-refractivity contribution >= 4 is 41.8 Å². The molecule has 2 amide bonds. The number of aliphatic imine (C=N–C) groups is 1. The molecule has 1 atom stereocenters. The summed E-state index contributed by atoms with van der Waals surface area (Å²) in [4.78, 5) is 33.5. The quantitative estimate of drug-likeness (QED) is 0.328. The average molecular weight is 480 g/mol. The molecule has 0 aromatic heterocycles. The lowest BCUT2D eigenvalue weighted by atomic mass is 10.3. The molecular weight excluding hydrogens is 447 g/mol. The Morgan fingerprint density at radius 3 is 2.38 bits per heavy atom. The Kier molecular flexibility index (Phi) is 10.2. The van der Waals surface area contributed by atoms with E-state index < -0.39 is 0 Å². The van der Waals surface area contributed by atoms with Crippen LogP contribution in [0.4, 0.5) is 0 Å². The topological polar surface area (TPSA) is 80.3 Å². The zero-order valence-electron chi connectivity index (χ0n) is 16.2. The van der Waals surface area contributed by atoms with Gasteiger partial charge in [0, 0.05) is 78.8 Å². The van der Waals surface area contributed by atoms with Crippen molar-refractivity contribution < 1.29 is 9.59 Å². The Labute approximate surface area is 173 Å². The smallest absolute Gasteiger partial charge is 0.222 e. The SMILES string of the molecule is CCC(=O)N1CCC(NC(=NC)NCCN2CCN(C(C)=O)CC2)C1.I. The second kappa shape index (κ2) is 11.6. The standard InChI is InChI=1S/C17H32N6O2.HI/c1-4-16(25)23-7-5-15(13-23)20-17(18-3)19-6-8-21-9-11-22(12-10-21)14(2)24;/h15H,4-13H2,1-3H3,(H2,18,19,20);1H. The zero-order valence-corrected chi connectivity index (χ0v) is 18.5. The fourth-order valence-electron chi connectivity index (χ4n) is 3.33. The zero-order chi connectivity index (χ0) is 18.2. The Morgan fingerprint density at radius 1 is 1.12 bits per heavy atom. The fourth-order valence-corrected chi connectivity index (χ4v) is 3.33. The van der Waals surface area contributed by atoms with Gasteiger partial charge in [0.05, 0.1) is 0 Å². The number of halogens is 1. The molecule has 2 fully saturated rings. The summed E-state index contributed by atoms with van der Waals surface area (Å²) in [5, 5.41) is 6.76. The normalized spacial score (nSPS) is 21.3. The number of carbonyl (C=O) groups excluding carboxylic acids is 2. The molecule has 2 aliphatic heterocycles. The lowest BCUT2D eigenvalue weighted by molar-refractivity contribution is -0.131. The summed E-state index contributed by atoms with van der Waals surface area (Å²) in [5.74, 6) is 1.17. The van der Waals surface area contributed by atoms with Crippen LogP contribution in [0.5, 0.6) is 0 Å². The maximum absolute atomic E-state index is 11.7. The molecule has 26 heavy (non-hydrogen) atoms. The first-order valence-electron chi connectivity index (χ1n) is 9.26. The molecule has 0 spiro atoms. The number of piperazine rings is 1. The van der Waals surface area contributed by atoms with Crippen molar-refractivity contribution in [1.29, 1.82) is 0 Å². The highest BCUT2D eigenvalue weighted by Crippen LogP contribution is 2.10. The lowest BCUT2D eigenvalue weighted by Gasteiger charge is -2.34. The highest BCUT2D eigenvalue weighted by Gasteiger charge is 2.25. The molecule has 0 radical (unpaired) electrons. The number of guanidine groups is 1. The number of nitrogens with zero attached hydrogens (tertiary/aromatic N) is 4. The third-order valence-corrected chi connectivity index (χ3v) is 4.95. The van der Waals surface area contributed by atoms with E-state index in [1.54, 1.807) is 14.0 Å². The number of nitrogens with one attached hydrogen (secondary N) is 2. The predicted octanol–water partition coefficient (Wildman–Crippen LogP) is -0.0556. The third-order valence-electron chi connectivity index (χ3n) is 4.95. The van der Waals surface area contributed by atoms with Crippen LogP contribution in [0, 0.1) is 0 Å². The van der Waals surface area contributed by atoms with Crippen LogP contribution in [0.3, 0.4) is 0 Å². The molecule has 0 bridgehead atoms. The van der Waals surface area contributed by atoms with Crippen LogP contribution in [0.2, 0.25) is 0 Å². The minimum atomic E-state index is 0. The average Bonchev–Trinajstić information content (AvgIpc) is 3.09. The first kappa shape index (κ1) is 22.9. The lowest BCUT2D eigenvalue weighted by Crippen LogP contribution is -2.51. The van der Waals surface area contributed by atoms with Crippen LogP contribution in [-0.4, -0.2) is 97.9 Å². The highest BCUT2D eigenvalue weighted by molar-refractivity contribution is 14.0. The third kappa shape index (κ3) is 6.90. The monoisotopic (exact) mass is 480 g/mol. The van der Waals surface area contributed by atoms with Gasteiger partial charge in [-0.3, -0.25) is 19.5 Å². The number of rotatable bonds is 5. The van der Waals surface area contributed by atoms with Crippen molar-refractivity contribution in [2.45, 2.75) is 32.7 Å². The van der Waals surface area contributed by atoms with E-state index in [2.05, 4.69) is 20.5 Å². The Hall–Kier alpha value is -1.10. The van der Waals surface area contributed by atoms with E-state index in [1.807, 2.05) is 16.7 Å². The minimum absolute atomic E-state index is 0. The maximum Gasteiger partial charge on any atom is 0.222 e. The van der Waals surface area contributed by atoms with E-state index in [0.717, 1.165) is 64.7 Å². The largest absolute Gasteiger partial charge is 0.355 e. The van der Waals surface area contributed by atoms with Gasteiger partial charge in [-0.25, -0.2) is 0 Å². The summed E-state index contributed by atoms with van der Waals surface area (Å²) in [6.07, 6.45) is 1.52. The van der Waals surface area contributed by atoms with E-state index in [9.17, 15) is 9.59 Å². The molecular formula is C17H33IN6O2. The second-order valence-electron chi connectivity index (χ2n) is 6.67. The Morgan fingerprint density at radius 2 is 1.81 bits per heavy atom. The van der Waals surface area contributed by atoms with Gasteiger partial charge in [-0.15, -0.1) is 24.0 Å². The van der Waals surface area contributed by atoms with Crippen molar-refractivity contribution in [2.75, 3.05) is 59.4 Å². The fraction of sp³-hybridized carbons (Fsp3) is 0.824. The van der Waals surface area contributed by atoms with Crippen LogP contribution in [0.15, 0.2) is 4.99 Å². The molecule has 0 saturated carbocycles. The van der Waals surface area contributed by atoms with Crippen LogP contribution < -0.4 is 10.6 Å². The Balaban J connectivity index is 0.00000338. The molecule has 2 rings (SSSR count). The summed E-state index contributed by atoms with van der Waals surface area (Å²) in [7, 11) is 1.77. The molecule has 150 valence electrons. The van der Waals surface area contributed by atoms with E-state index in [-0.39, 0.29) is 41.8 Å². The molecule has 9 heteroatoms. The van der Waals surface area contributed by atoms with Crippen molar-refractivity contribution in [3.63, 3.8) is 0 Å². The summed E-state index contributed by atoms with van der Waals surface area (Å²) in [6, 6.07) is 0.265. The van der Waals surface area contributed by atoms with Gasteiger partial charge in [0.25, 0.3) is 0 Å². The van der Waals surface area contributed by atoms with E-state index in [1.165, 1.54) is 0 Å². The van der Waals surface area contributed by atoms with Gasteiger partial charge < -0.3 is 20.4 Å². The predicted molar refractivity (Wildman–Crippen MR) is 114 cm³/mol. The van der Waals surface area contributed by atoms with Crippen LogP contribution in [-0.2, 0) is 9.59 Å². The van der Waals surface area contributed by atoms with Gasteiger partial charge in [-0.05, 0) is 6.42 Å². The van der Waals surface area contributed by atoms with Gasteiger partial charge >= 0.3 is 0 Å². The summed E-state index contributed by atoms with van der Waals surface area (Å²) in [5.41, 5.74) is 0. The molecule has 2 aliphatic rings. The molecule has 2 saturated heterocycles. The van der Waals surface area contributed by atoms with Crippen molar-refractivity contribution in [2.24, 2.45) is 4.99 Å². The van der Waals surface area contributed by atoms with Crippen molar-refractivity contribution in [3.05, 3.63) is 0 Å². The van der Waals surface area contributed by atoms with Crippen LogP contribution >= 0.6 is 24.0 Å². The summed E-state index contributed by atoms with van der Waals surface area (Å²) < 4.78 is 0. The molecule has 2 N–H and O–H groups in total. The van der Waals surface area contributed by atoms with Crippen LogP contribution in [0.1, 0.15) is 26.7 Å². The molecule has 1 unspecified atom stereocenters. The minimum Gasteiger partial charge on any atom is -0.355 e. The molecule has 0 aliphatic carbocycles. The number of hydrogen-bond acceptors (Lipinski definition) is 4.